The molecule has 13 heavy (non-hydrogen) atoms. The van der Waals surface area contributed by atoms with E-state index in [-0.39, 0.29) is 5.56 Å². The Morgan fingerprint density at radius 2 is 1.69 bits per heavy atom. The van der Waals surface area contributed by atoms with Crippen molar-refractivity contribution in [3.63, 3.8) is 0 Å². The van der Waals surface area contributed by atoms with Crippen LogP contribution in [-0.4, -0.2) is 10.2 Å². The lowest BCUT2D eigenvalue weighted by Gasteiger charge is -2.08. The Hall–Kier alpha value is -1.42. The monoisotopic (exact) mass is 186 g/mol. The Kier molecular flexibility index (Phi) is 2.63. The molecule has 70 valence electrons. The number of rotatable bonds is 2. The normalized spacial score (nSPS) is 12.5. The molecule has 0 bridgehead atoms. The number of benzene rings is 1. The molecule has 1 aromatic rings. The van der Waals surface area contributed by atoms with Gasteiger partial charge in [-0.25, -0.2) is 8.78 Å². The average molecular weight is 186 g/mol. The number of aliphatic hydroxyl groups is 2. The van der Waals surface area contributed by atoms with Crippen molar-refractivity contribution in [2.45, 2.75) is 6.10 Å². The van der Waals surface area contributed by atoms with Crippen molar-refractivity contribution in [2.24, 2.45) is 0 Å². The summed E-state index contributed by atoms with van der Waals surface area (Å²) in [5.74, 6) is -2.17. The minimum absolute atomic E-state index is 0.0648. The summed E-state index contributed by atoms with van der Waals surface area (Å²) in [7, 11) is 0. The molecule has 2 N–H and O–H groups in total. The molecular weight excluding hydrogens is 178 g/mol. The maximum Gasteiger partial charge on any atom is 0.135 e. The molecule has 0 saturated heterocycles. The van der Waals surface area contributed by atoms with E-state index in [1.807, 2.05) is 0 Å². The fourth-order valence-corrected chi connectivity index (χ4v) is 0.925. The molecule has 0 heterocycles. The summed E-state index contributed by atoms with van der Waals surface area (Å²) in [6.45, 7) is 3.05. The minimum Gasteiger partial charge on any atom is -0.510 e. The summed E-state index contributed by atoms with van der Waals surface area (Å²) in [6.07, 6.45) is -1.45. The van der Waals surface area contributed by atoms with Crippen LogP contribution >= 0.6 is 0 Å². The van der Waals surface area contributed by atoms with Crippen molar-refractivity contribution in [3.05, 3.63) is 47.7 Å². The molecule has 4 heteroatoms. The molecule has 0 aliphatic rings. The van der Waals surface area contributed by atoms with Crippen molar-refractivity contribution in [2.75, 3.05) is 0 Å². The first-order chi connectivity index (χ1) is 6.00. The predicted octanol–water partition coefficient (Wildman–Crippen LogP) is 2.07. The number of aliphatic hydroxyl groups excluding tert-OH is 2. The van der Waals surface area contributed by atoms with E-state index in [4.69, 9.17) is 10.2 Å². The molecule has 0 amide bonds. The standard InChI is InChI=1S/C9H8F2O2/c1-5(12)9(13)6-2-7(10)4-8(11)3-6/h2-4,9,12-13H,1H2. The largest absolute Gasteiger partial charge is 0.510 e. The second-order valence-electron chi connectivity index (χ2n) is 2.60. The van der Waals surface area contributed by atoms with Gasteiger partial charge in [0.2, 0.25) is 0 Å². The van der Waals surface area contributed by atoms with Crippen LogP contribution in [0, 0.1) is 11.6 Å². The minimum atomic E-state index is -1.45. The number of halogens is 2. The topological polar surface area (TPSA) is 40.5 Å². The van der Waals surface area contributed by atoms with Gasteiger partial charge in [0.1, 0.15) is 23.5 Å². The maximum atomic E-state index is 12.6. The molecule has 1 aromatic carbocycles. The van der Waals surface area contributed by atoms with Gasteiger partial charge in [-0.3, -0.25) is 0 Å². The van der Waals surface area contributed by atoms with Gasteiger partial charge in [-0.15, -0.1) is 0 Å². The van der Waals surface area contributed by atoms with Gasteiger partial charge in [-0.05, 0) is 17.7 Å². The summed E-state index contributed by atoms with van der Waals surface area (Å²) in [4.78, 5) is 0. The van der Waals surface area contributed by atoms with Crippen LogP contribution in [0.5, 0.6) is 0 Å². The zero-order chi connectivity index (χ0) is 10.0. The maximum absolute atomic E-state index is 12.6. The molecular formula is C9H8F2O2. The Labute approximate surface area is 73.8 Å². The highest BCUT2D eigenvalue weighted by atomic mass is 19.1. The fraction of sp³-hybridized carbons (Fsp3) is 0.111. The van der Waals surface area contributed by atoms with Gasteiger partial charge < -0.3 is 10.2 Å². The van der Waals surface area contributed by atoms with E-state index < -0.39 is 23.5 Å². The van der Waals surface area contributed by atoms with Crippen molar-refractivity contribution in [3.8, 4) is 0 Å². The molecule has 0 aromatic heterocycles. The summed E-state index contributed by atoms with van der Waals surface area (Å²) in [5.41, 5.74) is -0.0648. The highest BCUT2D eigenvalue weighted by molar-refractivity contribution is 5.24. The van der Waals surface area contributed by atoms with Gasteiger partial charge in [-0.2, -0.15) is 0 Å². The van der Waals surface area contributed by atoms with Gasteiger partial charge >= 0.3 is 0 Å². The van der Waals surface area contributed by atoms with Crippen molar-refractivity contribution >= 4 is 0 Å². The van der Waals surface area contributed by atoms with Gasteiger partial charge in [0.15, 0.2) is 0 Å². The third kappa shape index (κ3) is 2.26. The van der Waals surface area contributed by atoms with Gasteiger partial charge in [0, 0.05) is 6.07 Å². The van der Waals surface area contributed by atoms with Crippen LogP contribution in [0.15, 0.2) is 30.5 Å². The van der Waals surface area contributed by atoms with E-state index in [0.717, 1.165) is 12.1 Å². The third-order valence-corrected chi connectivity index (χ3v) is 1.52. The predicted molar refractivity (Wildman–Crippen MR) is 43.1 cm³/mol. The Balaban J connectivity index is 3.07. The quantitative estimate of drug-likeness (QED) is 0.694. The first-order valence-electron chi connectivity index (χ1n) is 3.52. The second-order valence-corrected chi connectivity index (χ2v) is 2.60. The van der Waals surface area contributed by atoms with Crippen LogP contribution in [0.25, 0.3) is 0 Å². The van der Waals surface area contributed by atoms with Crippen LogP contribution in [0.1, 0.15) is 11.7 Å². The van der Waals surface area contributed by atoms with E-state index in [0.29, 0.717) is 6.07 Å². The van der Waals surface area contributed by atoms with Crippen molar-refractivity contribution in [1.82, 2.24) is 0 Å². The van der Waals surface area contributed by atoms with Crippen LogP contribution in [0.3, 0.4) is 0 Å². The molecule has 0 aliphatic carbocycles. The summed E-state index contributed by atoms with van der Waals surface area (Å²) in [5, 5.41) is 17.9. The molecule has 1 unspecified atom stereocenters. The van der Waals surface area contributed by atoms with Crippen LogP contribution in [-0.2, 0) is 0 Å². The average Bonchev–Trinajstić information content (AvgIpc) is 2.01. The van der Waals surface area contributed by atoms with Crippen LogP contribution < -0.4 is 0 Å². The number of hydrogen-bond donors (Lipinski definition) is 2. The zero-order valence-corrected chi connectivity index (χ0v) is 6.67. The van der Waals surface area contributed by atoms with Gasteiger partial charge in [0.05, 0.1) is 0 Å². The first-order valence-corrected chi connectivity index (χ1v) is 3.52. The van der Waals surface area contributed by atoms with E-state index in [1.54, 1.807) is 0 Å². The lowest BCUT2D eigenvalue weighted by Crippen LogP contribution is -2.01. The molecule has 0 aliphatic heterocycles. The SMILES string of the molecule is C=C(O)C(O)c1cc(F)cc(F)c1. The van der Waals surface area contributed by atoms with E-state index >= 15 is 0 Å². The van der Waals surface area contributed by atoms with Crippen molar-refractivity contribution < 1.29 is 19.0 Å². The Bertz CT molecular complexity index is 316. The molecule has 0 radical (unpaired) electrons. The van der Waals surface area contributed by atoms with E-state index in [1.165, 1.54) is 0 Å². The first kappa shape index (κ1) is 9.67. The van der Waals surface area contributed by atoms with Crippen molar-refractivity contribution in [1.29, 1.82) is 0 Å². The zero-order valence-electron chi connectivity index (χ0n) is 6.67. The molecule has 0 saturated carbocycles. The Morgan fingerprint density at radius 1 is 1.23 bits per heavy atom. The van der Waals surface area contributed by atoms with Gasteiger partial charge in [0.25, 0.3) is 0 Å². The second kappa shape index (κ2) is 3.53. The van der Waals surface area contributed by atoms with Crippen LogP contribution in [0.4, 0.5) is 8.78 Å². The number of hydrogen-bond acceptors (Lipinski definition) is 2. The third-order valence-electron chi connectivity index (χ3n) is 1.52. The lowest BCUT2D eigenvalue weighted by atomic mass is 10.1. The lowest BCUT2D eigenvalue weighted by molar-refractivity contribution is 0.156. The highest BCUT2D eigenvalue weighted by Crippen LogP contribution is 2.20. The fourth-order valence-electron chi connectivity index (χ4n) is 0.925. The van der Waals surface area contributed by atoms with E-state index in [2.05, 4.69) is 6.58 Å². The molecule has 0 fully saturated rings. The molecule has 2 nitrogen and oxygen atoms in total. The highest BCUT2D eigenvalue weighted by Gasteiger charge is 2.12. The summed E-state index contributed by atoms with van der Waals surface area (Å²) < 4.78 is 25.2. The van der Waals surface area contributed by atoms with Crippen LogP contribution in [0.2, 0.25) is 0 Å². The summed E-state index contributed by atoms with van der Waals surface area (Å²) in [6, 6.07) is 2.53. The Morgan fingerprint density at radius 3 is 2.08 bits per heavy atom. The smallest absolute Gasteiger partial charge is 0.135 e. The molecule has 1 rings (SSSR count). The molecule has 0 spiro atoms. The van der Waals surface area contributed by atoms with Gasteiger partial charge in [-0.1, -0.05) is 6.58 Å². The van der Waals surface area contributed by atoms with E-state index in [9.17, 15) is 8.78 Å². The molecule has 1 atom stereocenters. The summed E-state index contributed by atoms with van der Waals surface area (Å²) >= 11 is 0.